The van der Waals surface area contributed by atoms with Gasteiger partial charge in [-0.25, -0.2) is 0 Å². The van der Waals surface area contributed by atoms with Gasteiger partial charge in [0.15, 0.2) is 0 Å². The van der Waals surface area contributed by atoms with Crippen molar-refractivity contribution in [3.8, 4) is 0 Å². The van der Waals surface area contributed by atoms with Crippen LogP contribution in [0.2, 0.25) is 0 Å². The van der Waals surface area contributed by atoms with E-state index in [4.69, 9.17) is 4.74 Å². The molecule has 0 aromatic heterocycles. The van der Waals surface area contributed by atoms with Gasteiger partial charge in [0.05, 0.1) is 12.7 Å². The van der Waals surface area contributed by atoms with Crippen LogP contribution in [-0.2, 0) is 4.74 Å². The second-order valence-electron chi connectivity index (χ2n) is 10.4. The number of hydrogen-bond acceptors (Lipinski definition) is 2. The molecular weight excluding hydrogens is 308 g/mol. The van der Waals surface area contributed by atoms with E-state index < -0.39 is 0 Å². The molecule has 4 atom stereocenters. The molecule has 1 rings (SSSR count). The zero-order valence-electron chi connectivity index (χ0n) is 18.0. The smallest absolute Gasteiger partial charge is 0.0613 e. The van der Waals surface area contributed by atoms with E-state index in [1.54, 1.807) is 0 Å². The third-order valence-electron chi connectivity index (χ3n) is 5.68. The van der Waals surface area contributed by atoms with E-state index in [9.17, 15) is 5.11 Å². The predicted octanol–water partition coefficient (Wildman–Crippen LogP) is 6.24. The van der Waals surface area contributed by atoms with Crippen molar-refractivity contribution < 1.29 is 9.84 Å². The Bertz CT molecular complexity index is 382. The summed E-state index contributed by atoms with van der Waals surface area (Å²) >= 11 is 0. The lowest BCUT2D eigenvalue weighted by molar-refractivity contribution is -0.0639. The fourth-order valence-corrected chi connectivity index (χ4v) is 3.98. The van der Waals surface area contributed by atoms with Crippen molar-refractivity contribution in [2.45, 2.75) is 93.1 Å². The minimum atomic E-state index is 0.181. The molecule has 0 amide bonds. The molecule has 148 valence electrons. The van der Waals surface area contributed by atoms with Gasteiger partial charge >= 0.3 is 0 Å². The number of aliphatic hydroxyl groups is 1. The highest BCUT2D eigenvalue weighted by Gasteiger charge is 2.36. The van der Waals surface area contributed by atoms with Gasteiger partial charge in [0, 0.05) is 12.5 Å². The maximum absolute atomic E-state index is 9.74. The van der Waals surface area contributed by atoms with E-state index in [0.29, 0.717) is 17.8 Å². The van der Waals surface area contributed by atoms with Crippen LogP contribution in [0.4, 0.5) is 0 Å². The van der Waals surface area contributed by atoms with E-state index in [-0.39, 0.29) is 23.5 Å². The van der Waals surface area contributed by atoms with Crippen molar-refractivity contribution in [2.75, 3.05) is 13.2 Å². The molecule has 0 aromatic rings. The molecule has 0 bridgehead atoms. The van der Waals surface area contributed by atoms with Crippen molar-refractivity contribution in [3.63, 3.8) is 0 Å². The van der Waals surface area contributed by atoms with Crippen LogP contribution in [0.1, 0.15) is 87.0 Å². The van der Waals surface area contributed by atoms with Gasteiger partial charge in [-0.2, -0.15) is 0 Å². The van der Waals surface area contributed by atoms with Crippen LogP contribution in [0.25, 0.3) is 0 Å². The Labute approximate surface area is 157 Å². The maximum Gasteiger partial charge on any atom is 0.0613 e. The zero-order valence-corrected chi connectivity index (χ0v) is 18.0. The topological polar surface area (TPSA) is 29.5 Å². The third kappa shape index (κ3) is 8.73. The Morgan fingerprint density at radius 3 is 2.28 bits per heavy atom. The highest BCUT2D eigenvalue weighted by Crippen LogP contribution is 2.40. The van der Waals surface area contributed by atoms with Crippen LogP contribution >= 0.6 is 0 Å². The van der Waals surface area contributed by atoms with Crippen LogP contribution in [0.5, 0.6) is 0 Å². The van der Waals surface area contributed by atoms with Gasteiger partial charge < -0.3 is 9.84 Å². The predicted molar refractivity (Wildman–Crippen MR) is 109 cm³/mol. The Balaban J connectivity index is 2.89. The minimum Gasteiger partial charge on any atom is -0.396 e. The van der Waals surface area contributed by atoms with Crippen LogP contribution in [-0.4, -0.2) is 24.4 Å². The molecule has 2 unspecified atom stereocenters. The van der Waals surface area contributed by atoms with E-state index in [1.807, 2.05) is 0 Å². The molecule has 2 nitrogen and oxygen atoms in total. The zero-order chi connectivity index (χ0) is 19.1. The van der Waals surface area contributed by atoms with Crippen LogP contribution in [0.3, 0.4) is 0 Å². The summed E-state index contributed by atoms with van der Waals surface area (Å²) < 4.78 is 6.60. The molecule has 1 aliphatic rings. The van der Waals surface area contributed by atoms with E-state index in [0.717, 1.165) is 25.9 Å². The highest BCUT2D eigenvalue weighted by atomic mass is 16.5. The lowest BCUT2D eigenvalue weighted by atomic mass is 9.69. The first-order valence-corrected chi connectivity index (χ1v) is 10.5. The molecule has 2 heteroatoms. The Morgan fingerprint density at radius 2 is 1.84 bits per heavy atom. The summed E-state index contributed by atoms with van der Waals surface area (Å²) in [7, 11) is 0. The van der Waals surface area contributed by atoms with Crippen molar-refractivity contribution >= 4 is 0 Å². The standard InChI is InChI=1S/C23H44O2/c1-8-18(16-24)14-20(23(5,6)7)21(15-22(2,3)4)25-17-19-12-10-9-11-13-19/h10,12,18-21,24H,8-9,11,13-17H2,1-7H3/t18-,19?,20-,21?/m0/s1. The summed E-state index contributed by atoms with van der Waals surface area (Å²) in [4.78, 5) is 0. The largest absolute Gasteiger partial charge is 0.396 e. The maximum atomic E-state index is 9.74. The van der Waals surface area contributed by atoms with Crippen molar-refractivity contribution in [2.24, 2.45) is 28.6 Å². The number of allylic oxidation sites excluding steroid dienone is 1. The third-order valence-corrected chi connectivity index (χ3v) is 5.68. The van der Waals surface area contributed by atoms with Gasteiger partial charge in [0.2, 0.25) is 0 Å². The minimum absolute atomic E-state index is 0.181. The molecule has 1 N–H and O–H groups in total. The summed E-state index contributed by atoms with van der Waals surface area (Å²) in [6.45, 7) is 17.3. The average Bonchev–Trinajstić information content (AvgIpc) is 2.51. The van der Waals surface area contributed by atoms with E-state index >= 15 is 0 Å². The molecule has 0 aliphatic heterocycles. The lowest BCUT2D eigenvalue weighted by Gasteiger charge is -2.41. The second kappa shape index (κ2) is 10.1. The highest BCUT2D eigenvalue weighted by molar-refractivity contribution is 4.93. The lowest BCUT2D eigenvalue weighted by Crippen LogP contribution is -2.39. The average molecular weight is 353 g/mol. The van der Waals surface area contributed by atoms with Gasteiger partial charge in [-0.05, 0) is 54.8 Å². The Hall–Kier alpha value is -0.340. The summed E-state index contributed by atoms with van der Waals surface area (Å²) in [6, 6.07) is 0. The number of ether oxygens (including phenoxy) is 1. The van der Waals surface area contributed by atoms with Gasteiger partial charge in [-0.1, -0.05) is 67.0 Å². The van der Waals surface area contributed by atoms with Gasteiger partial charge in [-0.15, -0.1) is 0 Å². The molecule has 0 aromatic carbocycles. The quantitative estimate of drug-likeness (QED) is 0.498. The number of hydrogen-bond donors (Lipinski definition) is 1. The van der Waals surface area contributed by atoms with Crippen molar-refractivity contribution in [1.82, 2.24) is 0 Å². The van der Waals surface area contributed by atoms with Gasteiger partial charge in [0.25, 0.3) is 0 Å². The van der Waals surface area contributed by atoms with E-state index in [2.05, 4.69) is 60.6 Å². The fourth-order valence-electron chi connectivity index (χ4n) is 3.98. The van der Waals surface area contributed by atoms with Crippen LogP contribution in [0.15, 0.2) is 12.2 Å². The normalized spacial score (nSPS) is 22.6. The first-order valence-electron chi connectivity index (χ1n) is 10.5. The summed E-state index contributed by atoms with van der Waals surface area (Å²) in [5.41, 5.74) is 0.429. The first kappa shape index (κ1) is 22.7. The molecule has 0 radical (unpaired) electrons. The SMILES string of the molecule is CC[C@H](CO)C[C@@H](C(CC(C)(C)C)OCC1C=CCCC1)C(C)(C)C. The van der Waals surface area contributed by atoms with Gasteiger partial charge in [-0.3, -0.25) is 0 Å². The monoisotopic (exact) mass is 352 g/mol. The second-order valence-corrected chi connectivity index (χ2v) is 10.4. The molecule has 0 heterocycles. The molecule has 0 fully saturated rings. The molecular formula is C23H44O2. The van der Waals surface area contributed by atoms with Crippen molar-refractivity contribution in [1.29, 1.82) is 0 Å². The van der Waals surface area contributed by atoms with Crippen molar-refractivity contribution in [3.05, 3.63) is 12.2 Å². The molecule has 0 saturated heterocycles. The van der Waals surface area contributed by atoms with Gasteiger partial charge in [0.1, 0.15) is 0 Å². The first-order chi connectivity index (χ1) is 11.6. The number of rotatable bonds is 9. The fraction of sp³-hybridized carbons (Fsp3) is 0.913. The van der Waals surface area contributed by atoms with Crippen LogP contribution < -0.4 is 0 Å². The summed E-state index contributed by atoms with van der Waals surface area (Å²) in [5.74, 6) is 1.43. The summed E-state index contributed by atoms with van der Waals surface area (Å²) in [6.07, 6.45) is 11.9. The molecule has 1 aliphatic carbocycles. The Morgan fingerprint density at radius 1 is 1.16 bits per heavy atom. The van der Waals surface area contributed by atoms with Crippen LogP contribution in [0, 0.1) is 28.6 Å². The number of aliphatic hydroxyl groups excluding tert-OH is 1. The Kier molecular flexibility index (Phi) is 9.18. The summed E-state index contributed by atoms with van der Waals surface area (Å²) in [5, 5.41) is 9.74. The molecule has 25 heavy (non-hydrogen) atoms. The molecule has 0 spiro atoms. The molecule has 0 saturated carbocycles. The van der Waals surface area contributed by atoms with E-state index in [1.165, 1.54) is 19.3 Å².